The fourth-order valence-corrected chi connectivity index (χ4v) is 6.20. The summed E-state index contributed by atoms with van der Waals surface area (Å²) in [6.45, 7) is 15.7. The van der Waals surface area contributed by atoms with Gasteiger partial charge in [-0.2, -0.15) is 0 Å². The molecule has 3 aliphatic carbocycles. The minimum Gasteiger partial charge on any atom is -0.340 e. The topological polar surface area (TPSA) is 55.9 Å². The summed E-state index contributed by atoms with van der Waals surface area (Å²) in [6, 6.07) is 0.0930. The van der Waals surface area contributed by atoms with E-state index in [1.54, 1.807) is 0 Å². The second-order valence-electron chi connectivity index (χ2n) is 11.7. The number of urea groups is 1. The van der Waals surface area contributed by atoms with Crippen LogP contribution in [0.3, 0.4) is 0 Å². The molecule has 1 aliphatic heterocycles. The molecule has 6 nitrogen and oxygen atoms in total. The summed E-state index contributed by atoms with van der Waals surface area (Å²) in [5.74, 6) is 1.73. The molecule has 1 heterocycles. The van der Waals surface area contributed by atoms with Gasteiger partial charge in [-0.05, 0) is 42.9 Å². The number of carbonyl (C=O) groups excluding carboxylic acids is 2. The van der Waals surface area contributed by atoms with Crippen molar-refractivity contribution in [2.24, 2.45) is 17.3 Å². The summed E-state index contributed by atoms with van der Waals surface area (Å²) >= 11 is 0. The molecule has 0 radical (unpaired) electrons. The van der Waals surface area contributed by atoms with Crippen molar-refractivity contribution in [3.05, 3.63) is 11.6 Å². The Kier molecular flexibility index (Phi) is 10.9. The number of nitrogens with zero attached hydrogens (tertiary/aromatic N) is 3. The third kappa shape index (κ3) is 7.71. The van der Waals surface area contributed by atoms with Crippen molar-refractivity contribution in [3.63, 3.8) is 0 Å². The Morgan fingerprint density at radius 3 is 2.40 bits per heavy atom. The maximum atomic E-state index is 13.2. The highest BCUT2D eigenvalue weighted by atomic mass is 16.2. The largest absolute Gasteiger partial charge is 0.340 e. The molecule has 3 amide bonds. The molecule has 2 bridgehead atoms. The zero-order valence-electron chi connectivity index (χ0n) is 23.1. The molecule has 35 heavy (non-hydrogen) atoms. The Hall–Kier alpha value is -1.56. The number of carbonyl (C=O) groups is 2. The first-order valence-electron chi connectivity index (χ1n) is 14.6. The van der Waals surface area contributed by atoms with Gasteiger partial charge in [-0.25, -0.2) is 4.79 Å². The van der Waals surface area contributed by atoms with Gasteiger partial charge in [-0.15, -0.1) is 0 Å². The third-order valence-electron chi connectivity index (χ3n) is 8.92. The Balaban J connectivity index is 1.49. The van der Waals surface area contributed by atoms with Crippen LogP contribution >= 0.6 is 0 Å². The fraction of sp³-hybridized carbons (Fsp3) is 0.862. The molecule has 6 heteroatoms. The van der Waals surface area contributed by atoms with Crippen molar-refractivity contribution in [3.8, 4) is 0 Å². The van der Waals surface area contributed by atoms with Crippen LogP contribution in [0.5, 0.6) is 0 Å². The highest BCUT2D eigenvalue weighted by Crippen LogP contribution is 2.59. The lowest BCUT2D eigenvalue weighted by atomic mass is 9.49. The maximum absolute atomic E-state index is 13.2. The van der Waals surface area contributed by atoms with E-state index in [-0.39, 0.29) is 11.9 Å². The van der Waals surface area contributed by atoms with Crippen molar-refractivity contribution < 1.29 is 9.59 Å². The smallest absolute Gasteiger partial charge is 0.317 e. The van der Waals surface area contributed by atoms with Crippen LogP contribution in [0.1, 0.15) is 91.9 Å². The van der Waals surface area contributed by atoms with E-state index in [2.05, 4.69) is 48.9 Å². The van der Waals surface area contributed by atoms with Gasteiger partial charge < -0.3 is 15.1 Å². The number of fused-ring (bicyclic) bond motifs is 1. The molecule has 0 aromatic heterocycles. The van der Waals surface area contributed by atoms with Crippen molar-refractivity contribution in [1.82, 2.24) is 20.0 Å². The molecule has 1 N–H and O–H groups in total. The molecule has 4 rings (SSSR count). The minimum atomic E-state index is 0.0930. The van der Waals surface area contributed by atoms with E-state index in [9.17, 15) is 9.59 Å². The van der Waals surface area contributed by atoms with E-state index < -0.39 is 0 Å². The van der Waals surface area contributed by atoms with Gasteiger partial charge in [0.1, 0.15) is 0 Å². The van der Waals surface area contributed by atoms with Crippen LogP contribution in [-0.2, 0) is 4.79 Å². The number of allylic oxidation sites excluding steroid dienone is 1. The fourth-order valence-electron chi connectivity index (χ4n) is 6.20. The highest BCUT2D eigenvalue weighted by Gasteiger charge is 2.51. The summed E-state index contributed by atoms with van der Waals surface area (Å²) in [5.41, 5.74) is 1.86. The number of amides is 3. The van der Waals surface area contributed by atoms with Crippen LogP contribution in [0.2, 0.25) is 0 Å². The monoisotopic (exact) mass is 488 g/mol. The molecule has 2 fully saturated rings. The molecule has 200 valence electrons. The average Bonchev–Trinajstić information content (AvgIpc) is 2.86. The zero-order chi connectivity index (χ0) is 25.3. The summed E-state index contributed by atoms with van der Waals surface area (Å²) in [7, 11) is 0. The predicted octanol–water partition coefficient (Wildman–Crippen LogP) is 5.30. The molecule has 0 aromatic rings. The van der Waals surface area contributed by atoms with E-state index in [4.69, 9.17) is 0 Å². The number of piperazine rings is 1. The first-order chi connectivity index (χ1) is 16.9. The first kappa shape index (κ1) is 28.0. The van der Waals surface area contributed by atoms with E-state index in [1.165, 1.54) is 50.5 Å². The lowest BCUT2D eigenvalue weighted by Crippen LogP contribution is -2.53. The Bertz CT molecular complexity index is 711. The average molecular weight is 489 g/mol. The summed E-state index contributed by atoms with van der Waals surface area (Å²) in [4.78, 5) is 31.9. The van der Waals surface area contributed by atoms with Gasteiger partial charge in [-0.1, -0.05) is 71.4 Å². The normalized spacial score (nSPS) is 23.4. The highest BCUT2D eigenvalue weighted by molar-refractivity contribution is 5.76. The molecule has 1 saturated heterocycles. The number of hydrogen-bond acceptors (Lipinski definition) is 3. The molecule has 2 unspecified atom stereocenters. The van der Waals surface area contributed by atoms with E-state index >= 15 is 0 Å². The summed E-state index contributed by atoms with van der Waals surface area (Å²) in [5, 5.41) is 3.22. The van der Waals surface area contributed by atoms with Crippen LogP contribution in [0.15, 0.2) is 11.6 Å². The number of unbranched alkanes of at least 4 members (excludes halogenated alkanes) is 5. The minimum absolute atomic E-state index is 0.0930. The quantitative estimate of drug-likeness (QED) is 0.267. The van der Waals surface area contributed by atoms with Crippen molar-refractivity contribution >= 4 is 11.9 Å². The molecule has 0 spiro atoms. The summed E-state index contributed by atoms with van der Waals surface area (Å²) < 4.78 is 0. The van der Waals surface area contributed by atoms with Gasteiger partial charge in [0.2, 0.25) is 5.91 Å². The second kappa shape index (κ2) is 13.7. The summed E-state index contributed by atoms with van der Waals surface area (Å²) in [6.07, 6.45) is 13.9. The predicted molar refractivity (Wildman–Crippen MR) is 144 cm³/mol. The van der Waals surface area contributed by atoms with Crippen molar-refractivity contribution in [2.75, 3.05) is 52.4 Å². The Morgan fingerprint density at radius 2 is 1.74 bits per heavy atom. The van der Waals surface area contributed by atoms with Crippen LogP contribution in [-0.4, -0.2) is 79.0 Å². The second-order valence-corrected chi connectivity index (χ2v) is 11.7. The van der Waals surface area contributed by atoms with Crippen LogP contribution in [0.25, 0.3) is 0 Å². The molecule has 2 atom stereocenters. The first-order valence-corrected chi connectivity index (χ1v) is 14.6. The van der Waals surface area contributed by atoms with Crippen LogP contribution < -0.4 is 5.32 Å². The standard InChI is InChI=1S/C29H52N4O2/c1-5-7-8-9-10-11-15-30-28(35)33(23-24-13-14-25-22-26(24)29(25,3)4)21-18-31-16-19-32(20-17-31)27(34)12-6-2/h13,25-26H,5-12,14-23H2,1-4H3,(H,30,35). The molecular formula is C29H52N4O2. The lowest BCUT2D eigenvalue weighted by Gasteiger charge is -2.57. The van der Waals surface area contributed by atoms with Crippen LogP contribution in [0, 0.1) is 17.3 Å². The molecular weight excluding hydrogens is 436 g/mol. The van der Waals surface area contributed by atoms with Gasteiger partial charge in [-0.3, -0.25) is 9.69 Å². The Morgan fingerprint density at radius 1 is 1.03 bits per heavy atom. The number of rotatable bonds is 14. The maximum Gasteiger partial charge on any atom is 0.317 e. The van der Waals surface area contributed by atoms with Gasteiger partial charge in [0.05, 0.1) is 0 Å². The number of nitrogens with one attached hydrogen (secondary N) is 1. The Labute approximate surface area is 214 Å². The van der Waals surface area contributed by atoms with E-state index in [1.807, 2.05) is 4.90 Å². The lowest BCUT2D eigenvalue weighted by molar-refractivity contribution is -0.133. The number of hydrogen-bond donors (Lipinski definition) is 1. The molecule has 4 aliphatic rings. The van der Waals surface area contributed by atoms with Crippen molar-refractivity contribution in [2.45, 2.75) is 91.9 Å². The SMILES string of the molecule is CCCCCCCCNC(=O)N(CCN1CCN(C(=O)CCC)CC1)CC1=CCC2CC1C2(C)C. The van der Waals surface area contributed by atoms with Crippen molar-refractivity contribution in [1.29, 1.82) is 0 Å². The third-order valence-corrected chi connectivity index (χ3v) is 8.92. The molecule has 0 aromatic carbocycles. The molecule has 1 saturated carbocycles. The van der Waals surface area contributed by atoms with Gasteiger partial charge in [0, 0.05) is 58.8 Å². The van der Waals surface area contributed by atoms with E-state index in [0.29, 0.717) is 17.8 Å². The van der Waals surface area contributed by atoms with E-state index in [0.717, 1.165) is 71.1 Å². The zero-order valence-corrected chi connectivity index (χ0v) is 23.1. The van der Waals surface area contributed by atoms with Gasteiger partial charge in [0.15, 0.2) is 0 Å². The van der Waals surface area contributed by atoms with Crippen LogP contribution in [0.4, 0.5) is 4.79 Å². The van der Waals surface area contributed by atoms with Gasteiger partial charge in [0.25, 0.3) is 0 Å². The van der Waals surface area contributed by atoms with Gasteiger partial charge >= 0.3 is 6.03 Å².